The Morgan fingerprint density at radius 2 is 1.85 bits per heavy atom. The molecule has 0 fully saturated rings. The molecule has 0 aromatic heterocycles. The number of rotatable bonds is 3. The minimum atomic E-state index is -0.284. The highest BCUT2D eigenvalue weighted by molar-refractivity contribution is 7.80. The third-order valence-corrected chi connectivity index (χ3v) is 3.10. The quantitative estimate of drug-likeness (QED) is 0.758. The number of hydrogen-bond acceptors (Lipinski definition) is 3. The number of amides is 1. The lowest BCUT2D eigenvalue weighted by molar-refractivity contribution is 0.102. The second-order valence-electron chi connectivity index (χ2n) is 4.36. The van der Waals surface area contributed by atoms with Crippen LogP contribution in [0.15, 0.2) is 42.5 Å². The third-order valence-electron chi connectivity index (χ3n) is 2.90. The van der Waals surface area contributed by atoms with Crippen molar-refractivity contribution < 1.29 is 9.90 Å². The van der Waals surface area contributed by atoms with Crippen LogP contribution in [-0.2, 0) is 0 Å². The van der Waals surface area contributed by atoms with Crippen molar-refractivity contribution >= 4 is 28.8 Å². The molecule has 2 rings (SSSR count). The van der Waals surface area contributed by atoms with E-state index in [4.69, 9.17) is 18.0 Å². The zero-order chi connectivity index (χ0) is 14.7. The van der Waals surface area contributed by atoms with Gasteiger partial charge in [-0.05, 0) is 42.8 Å². The van der Waals surface area contributed by atoms with Gasteiger partial charge in [0.2, 0.25) is 0 Å². The van der Waals surface area contributed by atoms with Gasteiger partial charge in [-0.1, -0.05) is 24.4 Å². The molecule has 4 nitrogen and oxygen atoms in total. The van der Waals surface area contributed by atoms with Crippen LogP contribution in [0.25, 0.3) is 0 Å². The SMILES string of the molecule is Cc1cccc(NC(=O)c2ccc(O)cc2)c1C(N)=S. The van der Waals surface area contributed by atoms with E-state index in [1.54, 1.807) is 18.2 Å². The molecule has 0 saturated carbocycles. The number of nitrogens with one attached hydrogen (secondary N) is 1. The molecule has 0 bridgehead atoms. The topological polar surface area (TPSA) is 75.3 Å². The fourth-order valence-electron chi connectivity index (χ4n) is 1.91. The van der Waals surface area contributed by atoms with Crippen molar-refractivity contribution in [2.75, 3.05) is 5.32 Å². The molecule has 0 heterocycles. The molecule has 1 amide bonds. The average Bonchev–Trinajstić information content (AvgIpc) is 2.39. The van der Waals surface area contributed by atoms with Gasteiger partial charge in [-0.15, -0.1) is 0 Å². The number of phenols is 1. The van der Waals surface area contributed by atoms with Gasteiger partial charge in [-0.25, -0.2) is 0 Å². The van der Waals surface area contributed by atoms with Crippen LogP contribution in [0, 0.1) is 6.92 Å². The summed E-state index contributed by atoms with van der Waals surface area (Å²) in [4.78, 5) is 12.4. The maximum absolute atomic E-state index is 12.1. The van der Waals surface area contributed by atoms with Crippen LogP contribution >= 0.6 is 12.2 Å². The normalized spacial score (nSPS) is 10.1. The molecule has 0 unspecified atom stereocenters. The van der Waals surface area contributed by atoms with Gasteiger partial charge in [-0.2, -0.15) is 0 Å². The van der Waals surface area contributed by atoms with E-state index >= 15 is 0 Å². The Balaban J connectivity index is 2.30. The van der Waals surface area contributed by atoms with E-state index in [2.05, 4.69) is 5.32 Å². The van der Waals surface area contributed by atoms with Crippen molar-refractivity contribution in [3.63, 3.8) is 0 Å². The van der Waals surface area contributed by atoms with Gasteiger partial charge in [0.25, 0.3) is 5.91 Å². The predicted molar refractivity (Wildman–Crippen MR) is 83.1 cm³/mol. The molecule has 0 spiro atoms. The van der Waals surface area contributed by atoms with Crippen LogP contribution in [0.3, 0.4) is 0 Å². The first-order valence-electron chi connectivity index (χ1n) is 5.99. The Bertz CT molecular complexity index is 666. The first-order chi connectivity index (χ1) is 9.49. The van der Waals surface area contributed by atoms with Crippen LogP contribution in [0.4, 0.5) is 5.69 Å². The largest absolute Gasteiger partial charge is 0.508 e. The third kappa shape index (κ3) is 2.95. The van der Waals surface area contributed by atoms with E-state index in [-0.39, 0.29) is 16.6 Å². The van der Waals surface area contributed by atoms with Gasteiger partial charge in [0.1, 0.15) is 10.7 Å². The smallest absolute Gasteiger partial charge is 0.255 e. The molecule has 0 aliphatic heterocycles. The molecule has 0 saturated heterocycles. The zero-order valence-electron chi connectivity index (χ0n) is 10.9. The second kappa shape index (κ2) is 5.71. The summed E-state index contributed by atoms with van der Waals surface area (Å²) in [6.07, 6.45) is 0. The van der Waals surface area contributed by atoms with Gasteiger partial charge in [0, 0.05) is 11.1 Å². The van der Waals surface area contributed by atoms with Gasteiger partial charge in [0.15, 0.2) is 0 Å². The number of carbonyl (C=O) groups is 1. The molecule has 0 radical (unpaired) electrons. The van der Waals surface area contributed by atoms with Gasteiger partial charge < -0.3 is 16.2 Å². The van der Waals surface area contributed by atoms with Crippen molar-refractivity contribution in [1.29, 1.82) is 0 Å². The number of thiocarbonyl (C=S) groups is 1. The molecule has 2 aromatic carbocycles. The molecule has 102 valence electrons. The molecule has 0 aliphatic rings. The van der Waals surface area contributed by atoms with Gasteiger partial charge in [0.05, 0.1) is 5.69 Å². The van der Waals surface area contributed by atoms with E-state index in [1.807, 2.05) is 19.1 Å². The Hall–Kier alpha value is -2.40. The highest BCUT2D eigenvalue weighted by atomic mass is 32.1. The van der Waals surface area contributed by atoms with E-state index in [9.17, 15) is 9.90 Å². The van der Waals surface area contributed by atoms with Crippen LogP contribution in [-0.4, -0.2) is 16.0 Å². The van der Waals surface area contributed by atoms with Gasteiger partial charge in [-0.3, -0.25) is 4.79 Å². The Kier molecular flexibility index (Phi) is 4.00. The summed E-state index contributed by atoms with van der Waals surface area (Å²) in [7, 11) is 0. The highest BCUT2D eigenvalue weighted by Crippen LogP contribution is 2.20. The first kappa shape index (κ1) is 14.0. The maximum Gasteiger partial charge on any atom is 0.255 e. The maximum atomic E-state index is 12.1. The van der Waals surface area contributed by atoms with E-state index in [0.29, 0.717) is 16.8 Å². The average molecular weight is 286 g/mol. The summed E-state index contributed by atoms with van der Waals surface area (Å²) in [5, 5.41) is 12.0. The van der Waals surface area contributed by atoms with Crippen LogP contribution in [0.5, 0.6) is 5.75 Å². The number of aryl methyl sites for hydroxylation is 1. The van der Waals surface area contributed by atoms with Crippen LogP contribution in [0.2, 0.25) is 0 Å². The standard InChI is InChI=1S/C15H14N2O2S/c1-9-3-2-4-12(13(9)14(16)20)17-15(19)10-5-7-11(18)8-6-10/h2-8,18H,1H3,(H2,16,20)(H,17,19). The fourth-order valence-corrected chi connectivity index (χ4v) is 2.18. The number of carbonyl (C=O) groups excluding carboxylic acids is 1. The molecule has 20 heavy (non-hydrogen) atoms. The summed E-state index contributed by atoms with van der Waals surface area (Å²) in [6.45, 7) is 1.88. The minimum Gasteiger partial charge on any atom is -0.508 e. The highest BCUT2D eigenvalue weighted by Gasteiger charge is 2.12. The predicted octanol–water partition coefficient (Wildman–Crippen LogP) is 2.59. The van der Waals surface area contributed by atoms with Crippen LogP contribution in [0.1, 0.15) is 21.5 Å². The molecular weight excluding hydrogens is 272 g/mol. The van der Waals surface area contributed by atoms with Crippen molar-refractivity contribution in [1.82, 2.24) is 0 Å². The first-order valence-corrected chi connectivity index (χ1v) is 6.39. The molecule has 2 aromatic rings. The summed E-state index contributed by atoms with van der Waals surface area (Å²) in [6, 6.07) is 11.5. The summed E-state index contributed by atoms with van der Waals surface area (Å²) in [5.74, 6) is -0.172. The van der Waals surface area contributed by atoms with Crippen molar-refractivity contribution in [2.24, 2.45) is 5.73 Å². The summed E-state index contributed by atoms with van der Waals surface area (Å²) >= 11 is 5.02. The molecular formula is C15H14N2O2S. The monoisotopic (exact) mass is 286 g/mol. The number of nitrogens with two attached hydrogens (primary N) is 1. The summed E-state index contributed by atoms with van der Waals surface area (Å²) < 4.78 is 0. The van der Waals surface area contributed by atoms with E-state index in [1.165, 1.54) is 12.1 Å². The minimum absolute atomic E-state index is 0.112. The zero-order valence-corrected chi connectivity index (χ0v) is 11.7. The molecule has 4 N–H and O–H groups in total. The fraction of sp³-hybridized carbons (Fsp3) is 0.0667. The van der Waals surface area contributed by atoms with Crippen molar-refractivity contribution in [3.8, 4) is 5.75 Å². The molecule has 5 heteroatoms. The van der Waals surface area contributed by atoms with Crippen molar-refractivity contribution in [3.05, 3.63) is 59.2 Å². The number of phenolic OH excluding ortho intramolecular Hbond substituents is 1. The number of anilines is 1. The number of benzene rings is 2. The lowest BCUT2D eigenvalue weighted by Crippen LogP contribution is -2.18. The van der Waals surface area contributed by atoms with E-state index in [0.717, 1.165) is 5.56 Å². The number of aromatic hydroxyl groups is 1. The Morgan fingerprint density at radius 1 is 1.20 bits per heavy atom. The molecule has 0 atom stereocenters. The Labute approximate surface area is 122 Å². The van der Waals surface area contributed by atoms with E-state index < -0.39 is 0 Å². The lowest BCUT2D eigenvalue weighted by Gasteiger charge is -2.12. The number of hydrogen-bond donors (Lipinski definition) is 3. The Morgan fingerprint density at radius 3 is 2.45 bits per heavy atom. The van der Waals surface area contributed by atoms with Gasteiger partial charge >= 0.3 is 0 Å². The molecule has 0 aliphatic carbocycles. The lowest BCUT2D eigenvalue weighted by atomic mass is 10.1. The second-order valence-corrected chi connectivity index (χ2v) is 4.80. The summed E-state index contributed by atoms with van der Waals surface area (Å²) in [5.41, 5.74) is 8.28. The van der Waals surface area contributed by atoms with Crippen molar-refractivity contribution in [2.45, 2.75) is 6.92 Å². The van der Waals surface area contributed by atoms with Crippen LogP contribution < -0.4 is 11.1 Å².